The Morgan fingerprint density at radius 3 is 2.69 bits per heavy atom. The first kappa shape index (κ1) is 19.3. The molecule has 1 aromatic heterocycles. The molecule has 0 amide bonds. The minimum Gasteiger partial charge on any atom is -0.492 e. The van der Waals surface area contributed by atoms with Gasteiger partial charge < -0.3 is 9.47 Å². The lowest BCUT2D eigenvalue weighted by Crippen LogP contribution is -2.15. The highest BCUT2D eigenvalue weighted by molar-refractivity contribution is 6.02. The Morgan fingerprint density at radius 1 is 0.966 bits per heavy atom. The van der Waals surface area contributed by atoms with Crippen LogP contribution in [0.5, 0.6) is 5.75 Å². The van der Waals surface area contributed by atoms with Gasteiger partial charge in [0.25, 0.3) is 0 Å². The van der Waals surface area contributed by atoms with Crippen LogP contribution in [0.3, 0.4) is 0 Å². The van der Waals surface area contributed by atoms with E-state index in [9.17, 15) is 0 Å². The zero-order valence-electron chi connectivity index (χ0n) is 17.0. The molecular formula is C25H26N2O2. The Balaban J connectivity index is 1.32. The number of nitrogens with zero attached hydrogens (tertiary/aromatic N) is 2. The molecule has 0 saturated heterocycles. The van der Waals surface area contributed by atoms with E-state index in [-0.39, 0.29) is 0 Å². The predicted molar refractivity (Wildman–Crippen MR) is 116 cm³/mol. The first-order chi connectivity index (χ1) is 14.2. The number of pyridine rings is 1. The van der Waals surface area contributed by atoms with E-state index in [1.807, 2.05) is 30.5 Å². The van der Waals surface area contributed by atoms with Crippen LogP contribution in [0.4, 0.5) is 0 Å². The maximum atomic E-state index is 5.98. The van der Waals surface area contributed by atoms with Gasteiger partial charge in [0.1, 0.15) is 5.75 Å². The number of aromatic nitrogens is 1. The van der Waals surface area contributed by atoms with Crippen LogP contribution in [0.1, 0.15) is 30.5 Å². The zero-order valence-corrected chi connectivity index (χ0v) is 17.0. The van der Waals surface area contributed by atoms with Crippen LogP contribution < -0.4 is 4.74 Å². The standard InChI is InChI=1S/C25H26N2O2/c1-18(15-28-17-20-6-4-3-5-7-20)16-29-24-10-23(12-26-14-24)21-8-9-22-13-27-19(2)25(22)11-21/h3-12,14,18H,13,15-17H2,1-2H3. The van der Waals surface area contributed by atoms with Crippen molar-refractivity contribution < 1.29 is 9.47 Å². The summed E-state index contributed by atoms with van der Waals surface area (Å²) in [6.07, 6.45) is 3.64. The first-order valence-electron chi connectivity index (χ1n) is 10.0. The van der Waals surface area contributed by atoms with Crippen molar-refractivity contribution in [3.8, 4) is 16.9 Å². The molecule has 4 rings (SSSR count). The fourth-order valence-corrected chi connectivity index (χ4v) is 3.41. The van der Waals surface area contributed by atoms with E-state index in [0.717, 1.165) is 29.1 Å². The summed E-state index contributed by atoms with van der Waals surface area (Å²) in [7, 11) is 0. The number of hydrogen-bond acceptors (Lipinski definition) is 4. The van der Waals surface area contributed by atoms with Gasteiger partial charge in [-0.3, -0.25) is 9.98 Å². The molecule has 0 aliphatic carbocycles. The fraction of sp³-hybridized carbons (Fsp3) is 0.280. The van der Waals surface area contributed by atoms with E-state index in [0.29, 0.717) is 25.7 Å². The molecule has 2 heterocycles. The summed E-state index contributed by atoms with van der Waals surface area (Å²) in [5.74, 6) is 1.07. The summed E-state index contributed by atoms with van der Waals surface area (Å²) in [6, 6.07) is 18.8. The normalized spacial score (nSPS) is 13.7. The van der Waals surface area contributed by atoms with Crippen molar-refractivity contribution in [3.05, 3.63) is 83.7 Å². The maximum absolute atomic E-state index is 5.98. The monoisotopic (exact) mass is 386 g/mol. The molecule has 0 fully saturated rings. The lowest BCUT2D eigenvalue weighted by molar-refractivity contribution is 0.0741. The average Bonchev–Trinajstić information content (AvgIpc) is 3.13. The van der Waals surface area contributed by atoms with Crippen molar-refractivity contribution in [1.82, 2.24) is 4.98 Å². The van der Waals surface area contributed by atoms with Gasteiger partial charge in [-0.25, -0.2) is 0 Å². The Bertz CT molecular complexity index is 999. The minimum atomic E-state index is 0.293. The maximum Gasteiger partial charge on any atom is 0.138 e. The van der Waals surface area contributed by atoms with E-state index in [2.05, 4.69) is 54.2 Å². The molecule has 0 bridgehead atoms. The second-order valence-electron chi connectivity index (χ2n) is 7.60. The zero-order chi connectivity index (χ0) is 20.1. The summed E-state index contributed by atoms with van der Waals surface area (Å²) in [5, 5.41) is 0. The molecule has 4 heteroatoms. The Morgan fingerprint density at radius 2 is 1.83 bits per heavy atom. The number of fused-ring (bicyclic) bond motifs is 1. The van der Waals surface area contributed by atoms with Gasteiger partial charge in [-0.1, -0.05) is 49.4 Å². The molecular weight excluding hydrogens is 360 g/mol. The van der Waals surface area contributed by atoms with Crippen LogP contribution in [0.15, 0.2) is 72.0 Å². The Kier molecular flexibility index (Phi) is 6.01. The third kappa shape index (κ3) is 4.90. The second kappa shape index (κ2) is 9.01. The number of rotatable bonds is 8. The fourth-order valence-electron chi connectivity index (χ4n) is 3.41. The van der Waals surface area contributed by atoms with Crippen LogP contribution in [-0.2, 0) is 17.9 Å². The summed E-state index contributed by atoms with van der Waals surface area (Å²) < 4.78 is 11.8. The first-order valence-corrected chi connectivity index (χ1v) is 10.0. The quantitative estimate of drug-likeness (QED) is 0.527. The molecule has 29 heavy (non-hydrogen) atoms. The topological polar surface area (TPSA) is 43.7 Å². The van der Waals surface area contributed by atoms with Gasteiger partial charge in [-0.05, 0) is 35.7 Å². The molecule has 1 aliphatic rings. The molecule has 1 atom stereocenters. The summed E-state index contributed by atoms with van der Waals surface area (Å²) in [4.78, 5) is 8.88. The molecule has 2 aromatic carbocycles. The second-order valence-corrected chi connectivity index (χ2v) is 7.60. The third-order valence-corrected chi connectivity index (χ3v) is 5.08. The molecule has 148 valence electrons. The van der Waals surface area contributed by atoms with Gasteiger partial charge in [0.2, 0.25) is 0 Å². The Labute approximate surface area is 172 Å². The largest absolute Gasteiger partial charge is 0.492 e. The SMILES string of the molecule is CC1=NCc2ccc(-c3cncc(OCC(C)COCc4ccccc4)c3)cc21. The number of hydrogen-bond donors (Lipinski definition) is 0. The average molecular weight is 386 g/mol. The van der Waals surface area contributed by atoms with Crippen molar-refractivity contribution >= 4 is 5.71 Å². The van der Waals surface area contributed by atoms with Crippen LogP contribution >= 0.6 is 0 Å². The lowest BCUT2D eigenvalue weighted by atomic mass is 9.99. The third-order valence-electron chi connectivity index (χ3n) is 5.08. The lowest BCUT2D eigenvalue weighted by Gasteiger charge is -2.14. The summed E-state index contributed by atoms with van der Waals surface area (Å²) >= 11 is 0. The van der Waals surface area contributed by atoms with Gasteiger partial charge in [0.05, 0.1) is 32.6 Å². The van der Waals surface area contributed by atoms with Gasteiger partial charge in [0.15, 0.2) is 0 Å². The minimum absolute atomic E-state index is 0.293. The van der Waals surface area contributed by atoms with Crippen LogP contribution in [0.25, 0.3) is 11.1 Å². The smallest absolute Gasteiger partial charge is 0.138 e. The van der Waals surface area contributed by atoms with E-state index < -0.39 is 0 Å². The van der Waals surface area contributed by atoms with E-state index >= 15 is 0 Å². The summed E-state index contributed by atoms with van der Waals surface area (Å²) in [5.41, 5.74) is 7.00. The number of benzene rings is 2. The highest BCUT2D eigenvalue weighted by Gasteiger charge is 2.13. The molecule has 3 aromatic rings. The van der Waals surface area contributed by atoms with Crippen molar-refractivity contribution in [2.75, 3.05) is 13.2 Å². The number of aliphatic imine (C=N–C) groups is 1. The summed E-state index contributed by atoms with van der Waals surface area (Å²) in [6.45, 7) is 6.86. The van der Waals surface area contributed by atoms with Crippen molar-refractivity contribution in [1.29, 1.82) is 0 Å². The van der Waals surface area contributed by atoms with Crippen molar-refractivity contribution in [2.24, 2.45) is 10.9 Å². The van der Waals surface area contributed by atoms with Gasteiger partial charge >= 0.3 is 0 Å². The molecule has 1 unspecified atom stereocenters. The van der Waals surface area contributed by atoms with Gasteiger partial charge in [0, 0.05) is 29.0 Å². The van der Waals surface area contributed by atoms with Gasteiger partial charge in [-0.2, -0.15) is 0 Å². The Hall–Kier alpha value is -2.98. The van der Waals surface area contributed by atoms with Crippen LogP contribution in [0.2, 0.25) is 0 Å². The van der Waals surface area contributed by atoms with Crippen LogP contribution in [-0.4, -0.2) is 23.9 Å². The molecule has 4 nitrogen and oxygen atoms in total. The van der Waals surface area contributed by atoms with E-state index in [1.54, 1.807) is 6.20 Å². The molecule has 0 spiro atoms. The highest BCUT2D eigenvalue weighted by Crippen LogP contribution is 2.28. The van der Waals surface area contributed by atoms with Crippen molar-refractivity contribution in [2.45, 2.75) is 27.0 Å². The van der Waals surface area contributed by atoms with E-state index in [1.165, 1.54) is 16.7 Å². The molecule has 0 radical (unpaired) electrons. The molecule has 0 saturated carbocycles. The van der Waals surface area contributed by atoms with Gasteiger partial charge in [-0.15, -0.1) is 0 Å². The number of ether oxygens (including phenoxy) is 2. The molecule has 1 aliphatic heterocycles. The van der Waals surface area contributed by atoms with E-state index in [4.69, 9.17) is 9.47 Å². The predicted octanol–water partition coefficient (Wildman–Crippen LogP) is 5.30. The van der Waals surface area contributed by atoms with Crippen LogP contribution in [0, 0.1) is 5.92 Å². The highest BCUT2D eigenvalue weighted by atomic mass is 16.5. The molecule has 0 N–H and O–H groups in total. The van der Waals surface area contributed by atoms with Crippen molar-refractivity contribution in [3.63, 3.8) is 0 Å².